The number of ketones is 1. The third-order valence-corrected chi connectivity index (χ3v) is 1.29. The van der Waals surface area contributed by atoms with Crippen molar-refractivity contribution in [2.45, 2.75) is 26.2 Å². The summed E-state index contributed by atoms with van der Waals surface area (Å²) in [6, 6.07) is 0. The van der Waals surface area contributed by atoms with Gasteiger partial charge in [-0.25, -0.2) is 0 Å². The van der Waals surface area contributed by atoms with E-state index in [-0.39, 0.29) is 12.2 Å². The maximum Gasteiger partial charge on any atom is 0.318 e. The Balaban J connectivity index is 3.73. The first-order valence-electron chi connectivity index (χ1n) is 4.20. The van der Waals surface area contributed by atoms with Crippen molar-refractivity contribution in [1.82, 2.24) is 0 Å². The lowest BCUT2D eigenvalue weighted by Crippen LogP contribution is -2.06. The monoisotopic (exact) mass is 182 g/mol. The van der Waals surface area contributed by atoms with Gasteiger partial charge < -0.3 is 4.74 Å². The summed E-state index contributed by atoms with van der Waals surface area (Å²) in [5.41, 5.74) is 0. The van der Waals surface area contributed by atoms with Gasteiger partial charge in [0.05, 0.1) is 6.26 Å². The lowest BCUT2D eigenvalue weighted by Gasteiger charge is -1.94. The van der Waals surface area contributed by atoms with Crippen LogP contribution in [0.4, 0.5) is 0 Å². The van der Waals surface area contributed by atoms with E-state index in [4.69, 9.17) is 0 Å². The quantitative estimate of drug-likeness (QED) is 0.273. The van der Waals surface area contributed by atoms with Crippen LogP contribution in [-0.4, -0.2) is 11.8 Å². The first kappa shape index (κ1) is 11.6. The predicted molar refractivity (Wildman–Crippen MR) is 50.0 cm³/mol. The number of hydrogen-bond acceptors (Lipinski definition) is 3. The highest BCUT2D eigenvalue weighted by Gasteiger charge is 2.05. The van der Waals surface area contributed by atoms with Gasteiger partial charge in [0, 0.05) is 0 Å². The molecule has 3 heteroatoms. The second-order valence-electron chi connectivity index (χ2n) is 2.49. The van der Waals surface area contributed by atoms with Crippen molar-refractivity contribution < 1.29 is 14.3 Å². The standard InChI is InChI=1S/C10H14O3/c1-3-5-6-7-9(11)8-10(12)13-4-2/h4,6-7H,2-3,5,8H2,1H3. The molecule has 0 rings (SSSR count). The third-order valence-electron chi connectivity index (χ3n) is 1.29. The van der Waals surface area contributed by atoms with Gasteiger partial charge in [0.25, 0.3) is 0 Å². The SMILES string of the molecule is C=COC(=O)CC(=O)C=CCCC. The van der Waals surface area contributed by atoms with Gasteiger partial charge >= 0.3 is 5.97 Å². The number of hydrogen-bond donors (Lipinski definition) is 0. The van der Waals surface area contributed by atoms with Crippen molar-refractivity contribution in [3.8, 4) is 0 Å². The fourth-order valence-electron chi connectivity index (χ4n) is 0.717. The third kappa shape index (κ3) is 7.00. The van der Waals surface area contributed by atoms with Crippen LogP contribution in [0.25, 0.3) is 0 Å². The fourth-order valence-corrected chi connectivity index (χ4v) is 0.717. The normalized spacial score (nSPS) is 9.92. The van der Waals surface area contributed by atoms with E-state index in [0.29, 0.717) is 0 Å². The fraction of sp³-hybridized carbons (Fsp3) is 0.400. The van der Waals surface area contributed by atoms with Crippen molar-refractivity contribution in [2.24, 2.45) is 0 Å². The predicted octanol–water partition coefficient (Wildman–Crippen LogP) is 1.99. The summed E-state index contributed by atoms with van der Waals surface area (Å²) < 4.78 is 4.39. The Kier molecular flexibility index (Phi) is 6.51. The highest BCUT2D eigenvalue weighted by atomic mass is 16.5. The Morgan fingerprint density at radius 1 is 1.46 bits per heavy atom. The lowest BCUT2D eigenvalue weighted by atomic mass is 10.2. The summed E-state index contributed by atoms with van der Waals surface area (Å²) >= 11 is 0. The molecule has 0 aromatic carbocycles. The molecule has 0 atom stereocenters. The summed E-state index contributed by atoms with van der Waals surface area (Å²) in [4.78, 5) is 21.7. The van der Waals surface area contributed by atoms with Gasteiger partial charge in [0.15, 0.2) is 5.78 Å². The summed E-state index contributed by atoms with van der Waals surface area (Å²) in [6.07, 6.45) is 5.80. The van der Waals surface area contributed by atoms with Crippen LogP contribution in [0.5, 0.6) is 0 Å². The van der Waals surface area contributed by atoms with E-state index in [1.807, 2.05) is 6.92 Å². The molecule has 72 valence electrons. The summed E-state index contributed by atoms with van der Waals surface area (Å²) in [7, 11) is 0. The van der Waals surface area contributed by atoms with E-state index in [1.54, 1.807) is 6.08 Å². The molecular formula is C10H14O3. The molecular weight excluding hydrogens is 168 g/mol. The van der Waals surface area contributed by atoms with Gasteiger partial charge in [-0.05, 0) is 12.5 Å². The van der Waals surface area contributed by atoms with Crippen LogP contribution in [0.15, 0.2) is 25.0 Å². The summed E-state index contributed by atoms with van der Waals surface area (Å²) in [5.74, 6) is -0.804. The molecule has 0 unspecified atom stereocenters. The first-order valence-corrected chi connectivity index (χ1v) is 4.20. The number of rotatable bonds is 6. The van der Waals surface area contributed by atoms with Gasteiger partial charge in [-0.1, -0.05) is 26.0 Å². The Labute approximate surface area is 78.1 Å². The smallest absolute Gasteiger partial charge is 0.318 e. The average molecular weight is 182 g/mol. The minimum absolute atomic E-state index is 0.216. The zero-order valence-corrected chi connectivity index (χ0v) is 7.79. The van der Waals surface area contributed by atoms with Crippen LogP contribution in [-0.2, 0) is 14.3 Å². The minimum Gasteiger partial charge on any atom is -0.435 e. The molecule has 0 saturated heterocycles. The van der Waals surface area contributed by atoms with Crippen molar-refractivity contribution >= 4 is 11.8 Å². The topological polar surface area (TPSA) is 43.4 Å². The first-order chi connectivity index (χ1) is 6.20. The van der Waals surface area contributed by atoms with Crippen LogP contribution in [0.3, 0.4) is 0 Å². The average Bonchev–Trinajstić information content (AvgIpc) is 2.05. The van der Waals surface area contributed by atoms with Gasteiger partial charge in [0.2, 0.25) is 0 Å². The molecule has 0 saturated carbocycles. The number of unbranched alkanes of at least 4 members (excludes halogenated alkanes) is 1. The van der Waals surface area contributed by atoms with E-state index in [1.165, 1.54) is 6.08 Å². The Bertz CT molecular complexity index is 216. The second-order valence-corrected chi connectivity index (χ2v) is 2.49. The molecule has 0 fully saturated rings. The molecule has 0 radical (unpaired) electrons. The van der Waals surface area contributed by atoms with Crippen molar-refractivity contribution in [2.75, 3.05) is 0 Å². The van der Waals surface area contributed by atoms with Crippen molar-refractivity contribution in [1.29, 1.82) is 0 Å². The summed E-state index contributed by atoms with van der Waals surface area (Å²) in [6.45, 7) is 5.23. The number of allylic oxidation sites excluding steroid dienone is 2. The molecule has 0 aliphatic carbocycles. The van der Waals surface area contributed by atoms with E-state index in [9.17, 15) is 9.59 Å². The minimum atomic E-state index is -0.568. The molecule has 0 N–H and O–H groups in total. The maximum atomic E-state index is 11.0. The molecule has 0 aromatic rings. The van der Waals surface area contributed by atoms with E-state index in [0.717, 1.165) is 19.1 Å². The lowest BCUT2D eigenvalue weighted by molar-refractivity contribution is -0.140. The maximum absolute atomic E-state index is 11.0. The van der Waals surface area contributed by atoms with E-state index >= 15 is 0 Å². The summed E-state index contributed by atoms with van der Waals surface area (Å²) in [5, 5.41) is 0. The molecule has 0 aromatic heterocycles. The molecule has 13 heavy (non-hydrogen) atoms. The van der Waals surface area contributed by atoms with Crippen LogP contribution < -0.4 is 0 Å². The number of carbonyl (C=O) groups is 2. The Hall–Kier alpha value is -1.38. The van der Waals surface area contributed by atoms with Gasteiger partial charge in [0.1, 0.15) is 6.42 Å². The number of esters is 1. The van der Waals surface area contributed by atoms with Crippen molar-refractivity contribution in [3.63, 3.8) is 0 Å². The van der Waals surface area contributed by atoms with Crippen LogP contribution in [0, 0.1) is 0 Å². The number of carbonyl (C=O) groups excluding carboxylic acids is 2. The van der Waals surface area contributed by atoms with Crippen LogP contribution >= 0.6 is 0 Å². The number of ether oxygens (including phenoxy) is 1. The Morgan fingerprint density at radius 3 is 2.69 bits per heavy atom. The molecule has 0 spiro atoms. The largest absolute Gasteiger partial charge is 0.435 e. The zero-order chi connectivity index (χ0) is 10.1. The second kappa shape index (κ2) is 7.28. The zero-order valence-electron chi connectivity index (χ0n) is 7.79. The molecule has 0 aliphatic heterocycles. The molecule has 0 heterocycles. The van der Waals surface area contributed by atoms with E-state index < -0.39 is 5.97 Å². The highest BCUT2D eigenvalue weighted by molar-refractivity contribution is 6.01. The highest BCUT2D eigenvalue weighted by Crippen LogP contribution is 1.93. The van der Waals surface area contributed by atoms with Crippen molar-refractivity contribution in [3.05, 3.63) is 25.0 Å². The molecule has 0 bridgehead atoms. The van der Waals surface area contributed by atoms with Crippen LogP contribution in [0.2, 0.25) is 0 Å². The van der Waals surface area contributed by atoms with E-state index in [2.05, 4.69) is 11.3 Å². The molecule has 0 amide bonds. The van der Waals surface area contributed by atoms with Gasteiger partial charge in [-0.2, -0.15) is 0 Å². The molecule has 3 nitrogen and oxygen atoms in total. The molecule has 0 aliphatic rings. The Morgan fingerprint density at radius 2 is 2.15 bits per heavy atom. The van der Waals surface area contributed by atoms with Gasteiger partial charge in [-0.15, -0.1) is 0 Å². The van der Waals surface area contributed by atoms with Crippen LogP contribution in [0.1, 0.15) is 26.2 Å². The van der Waals surface area contributed by atoms with Gasteiger partial charge in [-0.3, -0.25) is 9.59 Å².